The number of carbonyl (C=O) groups excluding carboxylic acids is 2. The zero-order chi connectivity index (χ0) is 21.8. The number of aromatic nitrogens is 1. The van der Waals surface area contributed by atoms with Gasteiger partial charge in [0.15, 0.2) is 0 Å². The molecule has 1 aromatic heterocycles. The largest absolute Gasteiger partial charge is 0.343 e. The van der Waals surface area contributed by atoms with Crippen LogP contribution in [0.25, 0.3) is 0 Å². The van der Waals surface area contributed by atoms with E-state index in [-0.39, 0.29) is 11.8 Å². The summed E-state index contributed by atoms with van der Waals surface area (Å²) in [6.07, 6.45) is 0. The second-order valence-electron chi connectivity index (χ2n) is 7.38. The molecular weight excluding hydrogens is 394 g/mol. The molecule has 0 fully saturated rings. The molecule has 0 aliphatic rings. The van der Waals surface area contributed by atoms with E-state index in [0.717, 1.165) is 4.90 Å². The zero-order valence-electron chi connectivity index (χ0n) is 17.8. The molecule has 3 aromatic rings. The number of aryl methyl sites for hydroxylation is 3. The Bertz CT molecular complexity index is 1090. The van der Waals surface area contributed by atoms with Crippen molar-refractivity contribution in [2.24, 2.45) is 0 Å². The standard InChI is InChI=1S/C24H25N3O2S/c1-15-6-13-22(16(2)14-15)30-19-9-7-18(8-10-19)26-23(28)20-11-12-21(25-17(20)3)24(29)27(4)5/h6-14H,1-5H3,(H,26,28). The highest BCUT2D eigenvalue weighted by molar-refractivity contribution is 7.99. The van der Waals surface area contributed by atoms with Crippen molar-refractivity contribution in [3.63, 3.8) is 0 Å². The van der Waals surface area contributed by atoms with Gasteiger partial charge in [0, 0.05) is 29.6 Å². The number of rotatable bonds is 5. The lowest BCUT2D eigenvalue weighted by Crippen LogP contribution is -2.23. The highest BCUT2D eigenvalue weighted by Crippen LogP contribution is 2.31. The number of benzene rings is 2. The Kier molecular flexibility index (Phi) is 6.57. The maximum absolute atomic E-state index is 12.7. The molecule has 0 spiro atoms. The fourth-order valence-corrected chi connectivity index (χ4v) is 3.88. The molecule has 0 saturated heterocycles. The maximum Gasteiger partial charge on any atom is 0.271 e. The van der Waals surface area contributed by atoms with Crippen molar-refractivity contribution < 1.29 is 9.59 Å². The Morgan fingerprint density at radius 1 is 0.933 bits per heavy atom. The van der Waals surface area contributed by atoms with E-state index in [4.69, 9.17) is 0 Å². The Morgan fingerprint density at radius 2 is 1.63 bits per heavy atom. The second kappa shape index (κ2) is 9.13. The Morgan fingerprint density at radius 3 is 2.23 bits per heavy atom. The third-order valence-electron chi connectivity index (χ3n) is 4.63. The summed E-state index contributed by atoms with van der Waals surface area (Å²) in [5.74, 6) is -0.444. The van der Waals surface area contributed by atoms with Crippen LogP contribution in [0.5, 0.6) is 0 Å². The molecule has 0 atom stereocenters. The SMILES string of the molecule is Cc1ccc(Sc2ccc(NC(=O)c3ccc(C(=O)N(C)C)nc3C)cc2)c(C)c1. The van der Waals surface area contributed by atoms with Crippen molar-refractivity contribution in [3.05, 3.63) is 82.7 Å². The summed E-state index contributed by atoms with van der Waals surface area (Å²) >= 11 is 1.70. The highest BCUT2D eigenvalue weighted by atomic mass is 32.2. The number of carbonyl (C=O) groups is 2. The molecule has 3 rings (SSSR count). The van der Waals surface area contributed by atoms with Gasteiger partial charge >= 0.3 is 0 Å². The van der Waals surface area contributed by atoms with Crippen LogP contribution < -0.4 is 5.32 Å². The summed E-state index contributed by atoms with van der Waals surface area (Å²) in [6, 6.07) is 17.4. The Balaban J connectivity index is 1.69. The van der Waals surface area contributed by atoms with Gasteiger partial charge in [-0.2, -0.15) is 0 Å². The molecule has 0 aliphatic heterocycles. The predicted molar refractivity (Wildman–Crippen MR) is 121 cm³/mol. The van der Waals surface area contributed by atoms with Crippen molar-refractivity contribution in [2.75, 3.05) is 19.4 Å². The van der Waals surface area contributed by atoms with Gasteiger partial charge in [-0.15, -0.1) is 0 Å². The minimum atomic E-state index is -0.251. The summed E-state index contributed by atoms with van der Waals surface area (Å²) in [4.78, 5) is 32.7. The molecule has 0 bridgehead atoms. The van der Waals surface area contributed by atoms with Crippen molar-refractivity contribution in [2.45, 2.75) is 30.6 Å². The van der Waals surface area contributed by atoms with E-state index < -0.39 is 0 Å². The van der Waals surface area contributed by atoms with Crippen LogP contribution in [-0.2, 0) is 0 Å². The quantitative estimate of drug-likeness (QED) is 0.624. The van der Waals surface area contributed by atoms with Crippen LogP contribution in [0.3, 0.4) is 0 Å². The zero-order valence-corrected chi connectivity index (χ0v) is 18.6. The topological polar surface area (TPSA) is 62.3 Å². The van der Waals surface area contributed by atoms with E-state index in [9.17, 15) is 9.59 Å². The lowest BCUT2D eigenvalue weighted by molar-refractivity contribution is 0.0821. The fourth-order valence-electron chi connectivity index (χ4n) is 2.99. The average molecular weight is 420 g/mol. The Labute approximate surface area is 181 Å². The molecule has 2 aromatic carbocycles. The van der Waals surface area contributed by atoms with Crippen LogP contribution in [0, 0.1) is 20.8 Å². The highest BCUT2D eigenvalue weighted by Gasteiger charge is 2.15. The summed E-state index contributed by atoms with van der Waals surface area (Å²) < 4.78 is 0. The average Bonchev–Trinajstić information content (AvgIpc) is 2.70. The van der Waals surface area contributed by atoms with E-state index in [0.29, 0.717) is 22.6 Å². The third kappa shape index (κ3) is 5.07. The molecule has 0 aliphatic carbocycles. The first-order valence-electron chi connectivity index (χ1n) is 9.60. The minimum absolute atomic E-state index is 0.193. The molecule has 2 amide bonds. The summed E-state index contributed by atoms with van der Waals surface area (Å²) in [7, 11) is 3.34. The van der Waals surface area contributed by atoms with Gasteiger partial charge in [-0.05, 0) is 68.8 Å². The van der Waals surface area contributed by atoms with E-state index in [1.54, 1.807) is 44.9 Å². The number of amides is 2. The predicted octanol–water partition coefficient (Wildman–Crippen LogP) is 5.11. The first-order valence-corrected chi connectivity index (χ1v) is 10.4. The van der Waals surface area contributed by atoms with Crippen molar-refractivity contribution in [1.29, 1.82) is 0 Å². The van der Waals surface area contributed by atoms with Gasteiger partial charge in [-0.3, -0.25) is 9.59 Å². The number of nitrogens with one attached hydrogen (secondary N) is 1. The second-order valence-corrected chi connectivity index (χ2v) is 8.49. The lowest BCUT2D eigenvalue weighted by atomic mass is 10.1. The monoisotopic (exact) mass is 419 g/mol. The number of hydrogen-bond donors (Lipinski definition) is 1. The molecule has 0 unspecified atom stereocenters. The van der Waals surface area contributed by atoms with Crippen LogP contribution >= 0.6 is 11.8 Å². The molecule has 1 heterocycles. The van der Waals surface area contributed by atoms with E-state index in [1.165, 1.54) is 20.9 Å². The van der Waals surface area contributed by atoms with Crippen LogP contribution in [0.15, 0.2) is 64.4 Å². The number of anilines is 1. The summed E-state index contributed by atoms with van der Waals surface area (Å²) in [6.45, 7) is 5.92. The molecule has 0 saturated carbocycles. The molecular formula is C24H25N3O2S. The van der Waals surface area contributed by atoms with Gasteiger partial charge in [0.25, 0.3) is 11.8 Å². The van der Waals surface area contributed by atoms with Gasteiger partial charge in [-0.25, -0.2) is 4.98 Å². The van der Waals surface area contributed by atoms with Gasteiger partial charge in [-0.1, -0.05) is 29.5 Å². The van der Waals surface area contributed by atoms with Crippen LogP contribution in [0.4, 0.5) is 5.69 Å². The van der Waals surface area contributed by atoms with Crippen molar-refractivity contribution in [3.8, 4) is 0 Å². The van der Waals surface area contributed by atoms with Crippen molar-refractivity contribution >= 4 is 29.3 Å². The summed E-state index contributed by atoms with van der Waals surface area (Å²) in [5.41, 5.74) is 4.48. The van der Waals surface area contributed by atoms with Gasteiger partial charge in [0.1, 0.15) is 5.69 Å². The summed E-state index contributed by atoms with van der Waals surface area (Å²) in [5, 5.41) is 2.90. The molecule has 1 N–H and O–H groups in total. The minimum Gasteiger partial charge on any atom is -0.343 e. The van der Waals surface area contributed by atoms with E-state index in [1.807, 2.05) is 24.3 Å². The van der Waals surface area contributed by atoms with Crippen LogP contribution in [0.1, 0.15) is 37.7 Å². The van der Waals surface area contributed by atoms with Crippen molar-refractivity contribution in [1.82, 2.24) is 9.88 Å². The normalized spacial score (nSPS) is 10.6. The fraction of sp³-hybridized carbons (Fsp3) is 0.208. The smallest absolute Gasteiger partial charge is 0.271 e. The molecule has 30 heavy (non-hydrogen) atoms. The van der Waals surface area contributed by atoms with E-state index in [2.05, 4.69) is 42.3 Å². The molecule has 154 valence electrons. The Hall–Kier alpha value is -3.12. The van der Waals surface area contributed by atoms with Gasteiger partial charge in [0.2, 0.25) is 0 Å². The first kappa shape index (κ1) is 21.6. The first-order chi connectivity index (χ1) is 14.2. The maximum atomic E-state index is 12.7. The molecule has 5 nitrogen and oxygen atoms in total. The molecule has 6 heteroatoms. The van der Waals surface area contributed by atoms with Gasteiger partial charge in [0.05, 0.1) is 11.3 Å². The number of pyridine rings is 1. The van der Waals surface area contributed by atoms with Crippen LogP contribution in [-0.4, -0.2) is 35.8 Å². The lowest BCUT2D eigenvalue weighted by Gasteiger charge is -2.12. The van der Waals surface area contributed by atoms with E-state index >= 15 is 0 Å². The van der Waals surface area contributed by atoms with Gasteiger partial charge < -0.3 is 10.2 Å². The number of nitrogens with zero attached hydrogens (tertiary/aromatic N) is 2. The third-order valence-corrected chi connectivity index (χ3v) is 5.81. The molecule has 0 radical (unpaired) electrons. The number of hydrogen-bond acceptors (Lipinski definition) is 4. The van der Waals surface area contributed by atoms with Crippen LogP contribution in [0.2, 0.25) is 0 Å².